The van der Waals surface area contributed by atoms with Crippen LogP contribution in [0.15, 0.2) is 48.9 Å². The standard InChI is InChI=1S/C22H24N8O3S/c1-4-34(32,33)29-22-16(6-5-9-23-22)13-30-19-10-21(25-12-18(19)14(2)28-30)27-20-8-7-17(11-24-20)26-15(3)31/h5-12H,4,13H2,1-3H3,(H,23,29)(H,26,31)(H,24,25,27). The van der Waals surface area contributed by atoms with E-state index in [0.717, 1.165) is 16.6 Å². The lowest BCUT2D eigenvalue weighted by molar-refractivity contribution is -0.114. The van der Waals surface area contributed by atoms with Crippen molar-refractivity contribution in [3.63, 3.8) is 0 Å². The average Bonchev–Trinajstić information content (AvgIpc) is 3.10. The van der Waals surface area contributed by atoms with Crippen molar-refractivity contribution in [1.82, 2.24) is 24.7 Å². The molecule has 0 unspecified atom stereocenters. The van der Waals surface area contributed by atoms with Gasteiger partial charge in [0.1, 0.15) is 17.5 Å². The van der Waals surface area contributed by atoms with Crippen molar-refractivity contribution in [3.8, 4) is 0 Å². The van der Waals surface area contributed by atoms with Crippen molar-refractivity contribution in [2.24, 2.45) is 0 Å². The second kappa shape index (κ2) is 9.43. The minimum Gasteiger partial charge on any atom is -0.325 e. The molecule has 11 nitrogen and oxygen atoms in total. The summed E-state index contributed by atoms with van der Waals surface area (Å²) in [5.41, 5.74) is 2.90. The van der Waals surface area contributed by atoms with Crippen LogP contribution in [0.3, 0.4) is 0 Å². The molecule has 4 rings (SSSR count). The van der Waals surface area contributed by atoms with Crippen molar-refractivity contribution in [2.45, 2.75) is 27.3 Å². The number of fused-ring (bicyclic) bond motifs is 1. The predicted octanol–water partition coefficient (Wildman–Crippen LogP) is 3.04. The van der Waals surface area contributed by atoms with Crippen LogP contribution in [0.2, 0.25) is 0 Å². The molecule has 0 aliphatic heterocycles. The van der Waals surface area contributed by atoms with E-state index < -0.39 is 10.0 Å². The van der Waals surface area contributed by atoms with E-state index in [1.165, 1.54) is 6.92 Å². The second-order valence-corrected chi connectivity index (χ2v) is 9.60. The van der Waals surface area contributed by atoms with Crippen LogP contribution in [0, 0.1) is 6.92 Å². The number of hydrogen-bond acceptors (Lipinski definition) is 8. The van der Waals surface area contributed by atoms with Crippen LogP contribution in [-0.2, 0) is 21.4 Å². The normalized spacial score (nSPS) is 11.4. The first kappa shape index (κ1) is 23.1. The molecular formula is C22H24N8O3S. The van der Waals surface area contributed by atoms with E-state index in [2.05, 4.69) is 35.4 Å². The molecule has 0 radical (unpaired) electrons. The largest absolute Gasteiger partial charge is 0.325 e. The summed E-state index contributed by atoms with van der Waals surface area (Å²) in [6.45, 7) is 5.20. The first-order chi connectivity index (χ1) is 16.2. The Morgan fingerprint density at radius 3 is 2.59 bits per heavy atom. The fraction of sp³-hybridized carbons (Fsp3) is 0.227. The van der Waals surface area contributed by atoms with Gasteiger partial charge in [-0.25, -0.2) is 23.4 Å². The highest BCUT2D eigenvalue weighted by Crippen LogP contribution is 2.24. The number of pyridine rings is 3. The van der Waals surface area contributed by atoms with Gasteiger partial charge >= 0.3 is 0 Å². The maximum absolute atomic E-state index is 12.1. The number of aromatic nitrogens is 5. The number of carbonyl (C=O) groups excluding carboxylic acids is 1. The number of sulfonamides is 1. The van der Waals surface area contributed by atoms with E-state index in [4.69, 9.17) is 0 Å². The summed E-state index contributed by atoms with van der Waals surface area (Å²) >= 11 is 0. The maximum atomic E-state index is 12.1. The topological polar surface area (TPSA) is 144 Å². The Morgan fingerprint density at radius 1 is 1.09 bits per heavy atom. The highest BCUT2D eigenvalue weighted by atomic mass is 32.2. The quantitative estimate of drug-likeness (QED) is 0.349. The van der Waals surface area contributed by atoms with Crippen molar-refractivity contribution < 1.29 is 13.2 Å². The highest BCUT2D eigenvalue weighted by molar-refractivity contribution is 7.92. The number of nitrogens with one attached hydrogen (secondary N) is 3. The molecule has 0 aromatic carbocycles. The van der Waals surface area contributed by atoms with Crippen LogP contribution < -0.4 is 15.4 Å². The third-order valence-electron chi connectivity index (χ3n) is 5.00. The Kier molecular flexibility index (Phi) is 6.41. The molecule has 1 amide bonds. The van der Waals surface area contributed by atoms with Gasteiger partial charge in [-0.3, -0.25) is 14.2 Å². The van der Waals surface area contributed by atoms with Gasteiger partial charge in [0, 0.05) is 36.3 Å². The smallest absolute Gasteiger partial charge is 0.233 e. The third-order valence-corrected chi connectivity index (χ3v) is 6.27. The van der Waals surface area contributed by atoms with E-state index in [0.29, 0.717) is 29.4 Å². The summed E-state index contributed by atoms with van der Waals surface area (Å²) in [5.74, 6) is 1.19. The van der Waals surface area contributed by atoms with Gasteiger partial charge in [0.05, 0.1) is 35.4 Å². The molecular weight excluding hydrogens is 456 g/mol. The van der Waals surface area contributed by atoms with Gasteiger partial charge in [0.25, 0.3) is 0 Å². The highest BCUT2D eigenvalue weighted by Gasteiger charge is 2.15. The molecule has 0 saturated heterocycles. The van der Waals surface area contributed by atoms with Gasteiger partial charge in [-0.05, 0) is 32.0 Å². The van der Waals surface area contributed by atoms with Crippen molar-refractivity contribution >= 4 is 50.0 Å². The average molecular weight is 481 g/mol. The zero-order valence-electron chi connectivity index (χ0n) is 18.9. The second-order valence-electron chi connectivity index (χ2n) is 7.58. The summed E-state index contributed by atoms with van der Waals surface area (Å²) in [6, 6.07) is 8.89. The molecule has 0 spiro atoms. The lowest BCUT2D eigenvalue weighted by atomic mass is 10.2. The number of anilines is 4. The fourth-order valence-corrected chi connectivity index (χ4v) is 3.95. The molecule has 0 aliphatic carbocycles. The Bertz CT molecular complexity index is 1450. The van der Waals surface area contributed by atoms with Gasteiger partial charge in [0.15, 0.2) is 0 Å². The van der Waals surface area contributed by atoms with E-state index >= 15 is 0 Å². The number of amides is 1. The SMILES string of the molecule is CCS(=O)(=O)Nc1ncccc1Cn1nc(C)c2cnc(Nc3ccc(NC(C)=O)cn3)cc21. The monoisotopic (exact) mass is 480 g/mol. The summed E-state index contributed by atoms with van der Waals surface area (Å²) < 4.78 is 28.4. The zero-order chi connectivity index (χ0) is 24.3. The van der Waals surface area contributed by atoms with Crippen LogP contribution in [0.1, 0.15) is 25.1 Å². The van der Waals surface area contributed by atoms with Crippen molar-refractivity contribution in [1.29, 1.82) is 0 Å². The van der Waals surface area contributed by atoms with Crippen LogP contribution in [0.5, 0.6) is 0 Å². The molecule has 0 saturated carbocycles. The molecule has 34 heavy (non-hydrogen) atoms. The Morgan fingerprint density at radius 2 is 1.88 bits per heavy atom. The predicted molar refractivity (Wildman–Crippen MR) is 131 cm³/mol. The molecule has 0 bridgehead atoms. The summed E-state index contributed by atoms with van der Waals surface area (Å²) in [5, 5.41) is 11.3. The molecule has 4 aromatic heterocycles. The lowest BCUT2D eigenvalue weighted by Crippen LogP contribution is -2.17. The van der Waals surface area contributed by atoms with Crippen LogP contribution in [0.4, 0.5) is 23.1 Å². The fourth-order valence-electron chi connectivity index (χ4n) is 3.33. The molecule has 0 fully saturated rings. The third kappa shape index (κ3) is 5.29. The Balaban J connectivity index is 1.62. The van der Waals surface area contributed by atoms with E-state index in [1.54, 1.807) is 48.4 Å². The summed E-state index contributed by atoms with van der Waals surface area (Å²) in [7, 11) is -3.47. The van der Waals surface area contributed by atoms with Crippen molar-refractivity contribution in [3.05, 3.63) is 60.2 Å². The Hall–Kier alpha value is -4.06. The van der Waals surface area contributed by atoms with E-state index in [-0.39, 0.29) is 17.5 Å². The van der Waals surface area contributed by atoms with Gasteiger partial charge < -0.3 is 10.6 Å². The number of hydrogen-bond donors (Lipinski definition) is 3. The van der Waals surface area contributed by atoms with Crippen LogP contribution >= 0.6 is 0 Å². The van der Waals surface area contributed by atoms with E-state index in [1.807, 2.05) is 19.1 Å². The minimum absolute atomic E-state index is 0.0483. The Labute approximate surface area is 196 Å². The molecule has 0 aliphatic rings. The lowest BCUT2D eigenvalue weighted by Gasteiger charge is -2.11. The molecule has 3 N–H and O–H groups in total. The van der Waals surface area contributed by atoms with Crippen LogP contribution in [0.25, 0.3) is 10.9 Å². The van der Waals surface area contributed by atoms with Gasteiger partial charge in [-0.15, -0.1) is 0 Å². The molecule has 12 heteroatoms. The first-order valence-corrected chi connectivity index (χ1v) is 12.2. The number of rotatable bonds is 8. The minimum atomic E-state index is -3.47. The number of carbonyl (C=O) groups is 1. The van der Waals surface area contributed by atoms with Gasteiger partial charge in [-0.1, -0.05) is 6.07 Å². The number of nitrogens with zero attached hydrogens (tertiary/aromatic N) is 5. The summed E-state index contributed by atoms with van der Waals surface area (Å²) in [6.07, 6.45) is 4.82. The van der Waals surface area contributed by atoms with Crippen molar-refractivity contribution in [2.75, 3.05) is 21.1 Å². The first-order valence-electron chi connectivity index (χ1n) is 10.5. The van der Waals surface area contributed by atoms with Gasteiger partial charge in [-0.2, -0.15) is 5.10 Å². The molecule has 4 heterocycles. The molecule has 0 atom stereocenters. The summed E-state index contributed by atoms with van der Waals surface area (Å²) in [4.78, 5) is 24.1. The molecule has 4 aromatic rings. The zero-order valence-corrected chi connectivity index (χ0v) is 19.7. The maximum Gasteiger partial charge on any atom is 0.233 e. The molecule has 176 valence electrons. The van der Waals surface area contributed by atoms with Crippen LogP contribution in [-0.4, -0.2) is 44.8 Å². The van der Waals surface area contributed by atoms with E-state index in [9.17, 15) is 13.2 Å². The number of aryl methyl sites for hydroxylation is 1. The van der Waals surface area contributed by atoms with Gasteiger partial charge in [0.2, 0.25) is 15.9 Å².